The van der Waals surface area contributed by atoms with Crippen molar-refractivity contribution in [3.63, 3.8) is 0 Å². The zero-order chi connectivity index (χ0) is 51.7. The van der Waals surface area contributed by atoms with Crippen LogP contribution in [0.25, 0.3) is 0 Å². The van der Waals surface area contributed by atoms with Gasteiger partial charge in [0.15, 0.2) is 12.3 Å². The van der Waals surface area contributed by atoms with Gasteiger partial charge in [-0.2, -0.15) is 0 Å². The number of ether oxygens (including phenoxy) is 3. The monoisotopic (exact) mass is 978 g/mol. The smallest absolute Gasteiger partial charge is 0.313 e. The topological polar surface area (TPSA) is 211 Å². The summed E-state index contributed by atoms with van der Waals surface area (Å²) in [5.74, 6) is -1.32. The molecular formula is C55H73N6O10+. The van der Waals surface area contributed by atoms with E-state index in [2.05, 4.69) is 32.5 Å². The van der Waals surface area contributed by atoms with Gasteiger partial charge in [0.05, 0.1) is 43.9 Å². The molecular weight excluding hydrogens is 905 g/mol. The number of rotatable bonds is 26. The highest BCUT2D eigenvalue weighted by molar-refractivity contribution is 5.99. The van der Waals surface area contributed by atoms with E-state index in [4.69, 9.17) is 20.6 Å². The van der Waals surface area contributed by atoms with Crippen molar-refractivity contribution in [3.8, 4) is 18.1 Å². The largest absolute Gasteiger partial charge is 0.425 e. The summed E-state index contributed by atoms with van der Waals surface area (Å²) in [5, 5.41) is 14.4. The molecule has 3 aromatic carbocycles. The molecule has 5 atom stereocenters. The maximum atomic E-state index is 14.6. The van der Waals surface area contributed by atoms with Crippen molar-refractivity contribution >= 4 is 41.3 Å². The number of Topliss-reactive ketones (excluding diaryl/α,β-unsaturated/α-hetero) is 1. The van der Waals surface area contributed by atoms with Crippen molar-refractivity contribution in [2.45, 2.75) is 117 Å². The lowest BCUT2D eigenvalue weighted by Crippen LogP contribution is -2.61. The van der Waals surface area contributed by atoms with Gasteiger partial charge in [-0.1, -0.05) is 108 Å². The van der Waals surface area contributed by atoms with Gasteiger partial charge in [-0.15, -0.1) is 6.42 Å². The first-order valence-corrected chi connectivity index (χ1v) is 24.8. The highest BCUT2D eigenvalue weighted by atomic mass is 16.6. The van der Waals surface area contributed by atoms with Crippen molar-refractivity contribution in [2.24, 2.45) is 17.8 Å². The van der Waals surface area contributed by atoms with Crippen LogP contribution in [0.15, 0.2) is 78.9 Å². The Kier molecular flexibility index (Phi) is 20.5. The van der Waals surface area contributed by atoms with Gasteiger partial charge < -0.3 is 45.3 Å². The molecule has 2 heterocycles. The maximum absolute atomic E-state index is 14.6. The first-order chi connectivity index (χ1) is 33.8. The lowest BCUT2D eigenvalue weighted by atomic mass is 9.93. The number of morpholine rings is 1. The van der Waals surface area contributed by atoms with E-state index < -0.39 is 71.2 Å². The normalized spacial score (nSPS) is 17.7. The first-order valence-electron chi connectivity index (χ1n) is 24.8. The average molecular weight is 978 g/mol. The zero-order valence-electron chi connectivity index (χ0n) is 42.3. The fourth-order valence-electron chi connectivity index (χ4n) is 8.55. The van der Waals surface area contributed by atoms with Gasteiger partial charge >= 0.3 is 5.97 Å². The fourth-order valence-corrected chi connectivity index (χ4v) is 8.55. The Labute approximate surface area is 418 Å². The molecule has 5 rings (SSSR count). The van der Waals surface area contributed by atoms with Crippen LogP contribution in [0.1, 0.15) is 94.8 Å². The predicted octanol–water partition coefficient (Wildman–Crippen LogP) is 4.22. The molecule has 382 valence electrons. The molecule has 16 nitrogen and oxygen atoms in total. The molecule has 0 aromatic heterocycles. The average Bonchev–Trinajstić information content (AvgIpc) is 4.09. The van der Waals surface area contributed by atoms with Crippen molar-refractivity contribution in [1.82, 2.24) is 26.6 Å². The molecule has 0 saturated carbocycles. The van der Waals surface area contributed by atoms with E-state index in [1.165, 1.54) is 0 Å². The number of hydrogen-bond donors (Lipinski definition) is 5. The second-order valence-corrected chi connectivity index (χ2v) is 20.2. The summed E-state index contributed by atoms with van der Waals surface area (Å²) in [4.78, 5) is 97.0. The number of esters is 1. The Balaban J connectivity index is 1.38. The van der Waals surface area contributed by atoms with Crippen LogP contribution in [-0.2, 0) is 57.6 Å². The van der Waals surface area contributed by atoms with Crippen LogP contribution < -0.4 is 31.3 Å². The second-order valence-electron chi connectivity index (χ2n) is 20.2. The van der Waals surface area contributed by atoms with Crippen LogP contribution in [0, 0.1) is 30.1 Å². The van der Waals surface area contributed by atoms with Crippen LogP contribution in [0.2, 0.25) is 0 Å². The number of carbonyl (C=O) groups is 7. The number of hydrogen-bond acceptors (Lipinski definition) is 10. The lowest BCUT2D eigenvalue weighted by Gasteiger charge is -2.41. The highest BCUT2D eigenvalue weighted by Gasteiger charge is 2.50. The highest BCUT2D eigenvalue weighted by Crippen LogP contribution is 2.30. The third-order valence-electron chi connectivity index (χ3n) is 12.6. The number of nitrogens with zero attached hydrogens (tertiary/aromatic N) is 1. The van der Waals surface area contributed by atoms with Gasteiger partial charge in [0.25, 0.3) is 11.8 Å². The molecule has 2 aliphatic rings. The summed E-state index contributed by atoms with van der Waals surface area (Å²) in [7, 11) is 0. The molecule has 2 fully saturated rings. The first kappa shape index (κ1) is 55.5. The van der Waals surface area contributed by atoms with Gasteiger partial charge in [0.1, 0.15) is 49.1 Å². The number of benzene rings is 3. The van der Waals surface area contributed by atoms with Crippen LogP contribution in [0.3, 0.4) is 0 Å². The Hall–Kier alpha value is -6.41. The molecule has 16 heteroatoms. The number of nitrogens with one attached hydrogen (secondary N) is 5. The summed E-state index contributed by atoms with van der Waals surface area (Å²) in [6.07, 6.45) is 6.78. The standard InChI is InChI=1S/C55H72N6O10/c1-9-24-56-50(64)42-31-41(21-23-47(42)71-54(68)38(6)7)33-61(25-27-69-28-26-61)34-48(62)57-43(22-20-39-16-12-10-13-17-39)51(65)59-45(30-37(4)5)52(66)60-46(32-40-18-14-11-15-19-40)53(67)58-44(29-36(2)3)49(63)55(8)35-70-55/h1,10-19,21,23,31,36-38,43-46H,20,22,24-30,32-35H2,2-8H3,(H4-,56,57,58,59,60,62,64,65,66,67)/p+1/t43?,44?,45?,46?,55-/m1/s1. The molecule has 71 heavy (non-hydrogen) atoms. The van der Waals surface area contributed by atoms with Gasteiger partial charge in [0.2, 0.25) is 17.7 Å². The zero-order valence-corrected chi connectivity index (χ0v) is 42.3. The number of terminal acetylenes is 1. The third-order valence-corrected chi connectivity index (χ3v) is 12.6. The van der Waals surface area contributed by atoms with Crippen molar-refractivity contribution in [3.05, 3.63) is 101 Å². The number of amides is 5. The van der Waals surface area contributed by atoms with E-state index in [1.54, 1.807) is 39.0 Å². The Morgan fingerprint density at radius 2 is 1.28 bits per heavy atom. The van der Waals surface area contributed by atoms with Gasteiger partial charge in [0, 0.05) is 12.0 Å². The fraction of sp³-hybridized carbons (Fsp3) is 0.509. The predicted molar refractivity (Wildman–Crippen MR) is 268 cm³/mol. The van der Waals surface area contributed by atoms with Crippen LogP contribution in [0.4, 0.5) is 0 Å². The minimum atomic E-state index is -1.10. The van der Waals surface area contributed by atoms with Crippen LogP contribution >= 0.6 is 0 Å². The molecule has 3 aromatic rings. The molecule has 5 N–H and O–H groups in total. The lowest BCUT2D eigenvalue weighted by molar-refractivity contribution is -0.940. The van der Waals surface area contributed by atoms with Crippen LogP contribution in [-0.4, -0.2) is 122 Å². The Bertz CT molecular complexity index is 2350. The number of carbonyl (C=O) groups excluding carboxylic acids is 7. The minimum Gasteiger partial charge on any atom is -0.425 e. The maximum Gasteiger partial charge on any atom is 0.313 e. The van der Waals surface area contributed by atoms with Crippen LogP contribution in [0.5, 0.6) is 5.75 Å². The number of aryl methyl sites for hydroxylation is 1. The molecule has 0 aliphatic carbocycles. The SMILES string of the molecule is C#CCNC(=O)c1cc(C[N+]2(CC(=O)NC(CCc3ccccc3)C(=O)NC(CC(C)C)C(=O)NC(Cc3ccccc3)C(=O)NC(CC(C)C)C(=O)[C@@]3(C)CO3)CCOCC2)ccc1OC(=O)C(C)C. The molecule has 4 unspecified atom stereocenters. The van der Waals surface area contributed by atoms with E-state index in [9.17, 15) is 33.6 Å². The third kappa shape index (κ3) is 17.2. The van der Waals surface area contributed by atoms with E-state index in [0.717, 1.165) is 11.1 Å². The Morgan fingerprint density at radius 3 is 1.87 bits per heavy atom. The second kappa shape index (κ2) is 26.2. The molecule has 0 bridgehead atoms. The number of ketones is 1. The van der Waals surface area contributed by atoms with E-state index in [1.807, 2.05) is 88.4 Å². The molecule has 0 radical (unpaired) electrons. The summed E-state index contributed by atoms with van der Waals surface area (Å²) < 4.78 is 17.0. The number of quaternary nitrogens is 1. The summed E-state index contributed by atoms with van der Waals surface area (Å²) in [5.41, 5.74) is 1.57. The molecule has 0 spiro atoms. The van der Waals surface area contributed by atoms with Crippen molar-refractivity contribution in [2.75, 3.05) is 46.0 Å². The van der Waals surface area contributed by atoms with E-state index in [-0.39, 0.29) is 72.4 Å². The van der Waals surface area contributed by atoms with Gasteiger partial charge in [-0.05, 0) is 73.8 Å². The molecule has 2 aliphatic heterocycles. The number of epoxide rings is 1. The van der Waals surface area contributed by atoms with Gasteiger partial charge in [-0.3, -0.25) is 33.6 Å². The summed E-state index contributed by atoms with van der Waals surface area (Å²) >= 11 is 0. The van der Waals surface area contributed by atoms with Gasteiger partial charge in [-0.25, -0.2) is 0 Å². The quantitative estimate of drug-likeness (QED) is 0.0254. The van der Waals surface area contributed by atoms with Crippen molar-refractivity contribution < 1.29 is 52.3 Å². The Morgan fingerprint density at radius 1 is 0.718 bits per heavy atom. The van der Waals surface area contributed by atoms with Crippen molar-refractivity contribution in [1.29, 1.82) is 0 Å². The van der Waals surface area contributed by atoms with E-state index in [0.29, 0.717) is 51.3 Å². The summed E-state index contributed by atoms with van der Waals surface area (Å²) in [6, 6.07) is 19.6. The minimum absolute atomic E-state index is 0.0375. The molecule has 2 saturated heterocycles. The molecule has 5 amide bonds. The summed E-state index contributed by atoms with van der Waals surface area (Å²) in [6.45, 7) is 15.0. The van der Waals surface area contributed by atoms with E-state index >= 15 is 0 Å².